The van der Waals surface area contributed by atoms with Crippen molar-refractivity contribution in [1.82, 2.24) is 0 Å². The maximum Gasteiger partial charge on any atom is 0.345 e. The average Bonchev–Trinajstić information content (AvgIpc) is 2.28. The van der Waals surface area contributed by atoms with E-state index in [0.717, 1.165) is 6.07 Å². The van der Waals surface area contributed by atoms with Crippen LogP contribution in [0.15, 0.2) is 24.3 Å². The summed E-state index contributed by atoms with van der Waals surface area (Å²) in [4.78, 5) is 31.4. The zero-order valence-corrected chi connectivity index (χ0v) is 8.62. The molecule has 0 saturated heterocycles. The second kappa shape index (κ2) is 5.59. The highest BCUT2D eigenvalue weighted by Gasteiger charge is 2.20. The van der Waals surface area contributed by atoms with Gasteiger partial charge in [-0.2, -0.15) is 0 Å². The van der Waals surface area contributed by atoms with E-state index in [2.05, 4.69) is 4.74 Å². The van der Waals surface area contributed by atoms with Gasteiger partial charge in [-0.1, -0.05) is 12.1 Å². The van der Waals surface area contributed by atoms with Gasteiger partial charge >= 0.3 is 5.97 Å². The van der Waals surface area contributed by atoms with Crippen LogP contribution in [0, 0.1) is 10.1 Å². The molecule has 0 atom stereocenters. The highest BCUT2D eigenvalue weighted by atomic mass is 16.6. The first-order valence-corrected chi connectivity index (χ1v) is 4.62. The number of carbonyl (C=O) groups is 2. The molecule has 0 spiro atoms. The van der Waals surface area contributed by atoms with E-state index in [-0.39, 0.29) is 17.9 Å². The van der Waals surface area contributed by atoms with Crippen molar-refractivity contribution in [3.8, 4) is 0 Å². The van der Waals surface area contributed by atoms with Crippen LogP contribution in [-0.2, 0) is 9.53 Å². The minimum atomic E-state index is -1.36. The summed E-state index contributed by atoms with van der Waals surface area (Å²) in [6, 6.07) is 5.26. The summed E-state index contributed by atoms with van der Waals surface area (Å²) >= 11 is 0. The molecule has 17 heavy (non-hydrogen) atoms. The first-order valence-electron chi connectivity index (χ1n) is 4.62. The zero-order valence-electron chi connectivity index (χ0n) is 8.62. The molecule has 0 bridgehead atoms. The highest BCUT2D eigenvalue weighted by Crippen LogP contribution is 2.18. The second-order valence-electron chi connectivity index (χ2n) is 3.03. The number of para-hydroxylation sites is 1. The van der Waals surface area contributed by atoms with Crippen LogP contribution in [0.1, 0.15) is 16.8 Å². The summed E-state index contributed by atoms with van der Waals surface area (Å²) in [5.74, 6) is -2.29. The van der Waals surface area contributed by atoms with Crippen molar-refractivity contribution in [2.24, 2.45) is 0 Å². The minimum Gasteiger partial charge on any atom is -0.550 e. The predicted octanol–water partition coefficient (Wildman–Crippen LogP) is -0.108. The van der Waals surface area contributed by atoms with E-state index in [4.69, 9.17) is 0 Å². The third kappa shape index (κ3) is 3.56. The number of rotatable bonds is 5. The summed E-state index contributed by atoms with van der Waals surface area (Å²) in [7, 11) is 0. The molecular formula is C10H8NO6-. The fourth-order valence-corrected chi connectivity index (χ4v) is 1.11. The number of nitrogens with zero attached hydrogens (tertiary/aromatic N) is 1. The van der Waals surface area contributed by atoms with E-state index in [9.17, 15) is 24.8 Å². The maximum atomic E-state index is 11.4. The first-order chi connectivity index (χ1) is 8.02. The Labute approximate surface area is 95.8 Å². The lowest BCUT2D eigenvalue weighted by atomic mass is 10.2. The molecular weight excluding hydrogens is 230 g/mol. The molecule has 0 amide bonds. The number of ether oxygens (including phenoxy) is 1. The fourth-order valence-electron chi connectivity index (χ4n) is 1.11. The summed E-state index contributed by atoms with van der Waals surface area (Å²) in [6.07, 6.45) is -0.452. The largest absolute Gasteiger partial charge is 0.550 e. The molecule has 0 saturated carbocycles. The molecule has 0 aliphatic rings. The van der Waals surface area contributed by atoms with Gasteiger partial charge < -0.3 is 14.6 Å². The van der Waals surface area contributed by atoms with Gasteiger partial charge in [0.05, 0.1) is 11.5 Å². The number of carboxylic acid groups (broad SMARTS) is 1. The number of carboxylic acids is 1. The van der Waals surface area contributed by atoms with E-state index in [1.807, 2.05) is 0 Å². The van der Waals surface area contributed by atoms with Crippen molar-refractivity contribution in [1.29, 1.82) is 0 Å². The molecule has 1 rings (SSSR count). The van der Waals surface area contributed by atoms with Crippen molar-refractivity contribution in [2.75, 3.05) is 6.61 Å². The molecule has 0 aromatic heterocycles. The van der Waals surface area contributed by atoms with Gasteiger partial charge in [-0.15, -0.1) is 0 Å². The van der Waals surface area contributed by atoms with Gasteiger partial charge in [0.1, 0.15) is 5.56 Å². The van der Waals surface area contributed by atoms with E-state index in [1.165, 1.54) is 18.2 Å². The molecule has 0 N–H and O–H groups in total. The van der Waals surface area contributed by atoms with Crippen LogP contribution in [-0.4, -0.2) is 23.5 Å². The van der Waals surface area contributed by atoms with Crippen molar-refractivity contribution in [3.05, 3.63) is 39.9 Å². The van der Waals surface area contributed by atoms with Crippen LogP contribution < -0.4 is 5.11 Å². The third-order valence-corrected chi connectivity index (χ3v) is 1.86. The minimum absolute atomic E-state index is 0.212. The van der Waals surface area contributed by atoms with Crippen LogP contribution >= 0.6 is 0 Å². The molecule has 1 aromatic carbocycles. The Hall–Kier alpha value is -2.44. The average molecular weight is 238 g/mol. The molecule has 0 radical (unpaired) electrons. The highest BCUT2D eigenvalue weighted by molar-refractivity contribution is 5.93. The normalized spacial score (nSPS) is 9.65. The molecule has 0 aliphatic heterocycles. The first kappa shape index (κ1) is 12.6. The second-order valence-corrected chi connectivity index (χ2v) is 3.03. The van der Waals surface area contributed by atoms with E-state index in [0.29, 0.717) is 0 Å². The van der Waals surface area contributed by atoms with Crippen molar-refractivity contribution < 1.29 is 24.4 Å². The summed E-state index contributed by atoms with van der Waals surface area (Å²) < 4.78 is 4.57. The maximum absolute atomic E-state index is 11.4. The summed E-state index contributed by atoms with van der Waals surface area (Å²) in [5, 5.41) is 20.7. The standard InChI is InChI=1S/C10H9NO6/c12-9(13)5-6-17-10(14)7-3-1-2-4-8(7)11(15)16/h1-4H,5-6H2,(H,12,13)/p-1. The van der Waals surface area contributed by atoms with Gasteiger partial charge in [-0.05, 0) is 6.07 Å². The lowest BCUT2D eigenvalue weighted by Crippen LogP contribution is -2.24. The Morgan fingerprint density at radius 1 is 1.29 bits per heavy atom. The van der Waals surface area contributed by atoms with Gasteiger partial charge in [-0.25, -0.2) is 4.79 Å². The summed E-state index contributed by atoms with van der Waals surface area (Å²) in [5.41, 5.74) is -0.596. The van der Waals surface area contributed by atoms with Gasteiger partial charge in [-0.3, -0.25) is 10.1 Å². The zero-order chi connectivity index (χ0) is 12.8. The number of nitro groups is 1. The smallest absolute Gasteiger partial charge is 0.345 e. The Balaban J connectivity index is 2.75. The monoisotopic (exact) mass is 238 g/mol. The lowest BCUT2D eigenvalue weighted by molar-refractivity contribution is -0.385. The molecule has 7 nitrogen and oxygen atoms in total. The molecule has 0 heterocycles. The van der Waals surface area contributed by atoms with E-state index in [1.54, 1.807) is 0 Å². The molecule has 90 valence electrons. The number of aliphatic carboxylic acids is 1. The van der Waals surface area contributed by atoms with Gasteiger partial charge in [0.25, 0.3) is 5.69 Å². The molecule has 0 aliphatic carbocycles. The van der Waals surface area contributed by atoms with Gasteiger partial charge in [0, 0.05) is 18.5 Å². The van der Waals surface area contributed by atoms with Crippen LogP contribution in [0.5, 0.6) is 0 Å². The Bertz CT molecular complexity index is 456. The van der Waals surface area contributed by atoms with Crippen molar-refractivity contribution in [3.63, 3.8) is 0 Å². The van der Waals surface area contributed by atoms with Crippen LogP contribution in [0.25, 0.3) is 0 Å². The van der Waals surface area contributed by atoms with Crippen LogP contribution in [0.2, 0.25) is 0 Å². The van der Waals surface area contributed by atoms with Crippen molar-refractivity contribution >= 4 is 17.6 Å². The topological polar surface area (TPSA) is 110 Å². The molecule has 0 fully saturated rings. The van der Waals surface area contributed by atoms with E-state index < -0.39 is 23.3 Å². The Morgan fingerprint density at radius 2 is 1.94 bits per heavy atom. The SMILES string of the molecule is O=C([O-])CCOC(=O)c1ccccc1[N+](=O)[O-]. The summed E-state index contributed by atoms with van der Waals surface area (Å²) in [6.45, 7) is -0.382. The van der Waals surface area contributed by atoms with Crippen molar-refractivity contribution in [2.45, 2.75) is 6.42 Å². The third-order valence-electron chi connectivity index (χ3n) is 1.86. The van der Waals surface area contributed by atoms with Gasteiger partial charge in [0.15, 0.2) is 0 Å². The predicted molar refractivity (Wildman–Crippen MR) is 53.0 cm³/mol. The number of hydrogen-bond acceptors (Lipinski definition) is 6. The number of benzene rings is 1. The number of hydrogen-bond donors (Lipinski definition) is 0. The number of nitro benzene ring substituents is 1. The molecule has 1 aromatic rings. The van der Waals surface area contributed by atoms with E-state index >= 15 is 0 Å². The fraction of sp³-hybridized carbons (Fsp3) is 0.200. The molecule has 7 heteroatoms. The van der Waals surface area contributed by atoms with Crippen LogP contribution in [0.3, 0.4) is 0 Å². The van der Waals surface area contributed by atoms with Gasteiger partial charge in [0.2, 0.25) is 0 Å². The Kier molecular flexibility index (Phi) is 4.15. The number of esters is 1. The Morgan fingerprint density at radius 3 is 2.53 bits per heavy atom. The van der Waals surface area contributed by atoms with Crippen LogP contribution in [0.4, 0.5) is 5.69 Å². The number of carbonyl (C=O) groups excluding carboxylic acids is 2. The quantitative estimate of drug-likeness (QED) is 0.402. The lowest BCUT2D eigenvalue weighted by Gasteiger charge is -2.05. The molecule has 0 unspecified atom stereocenters.